The van der Waals surface area contributed by atoms with Gasteiger partial charge in [-0.2, -0.15) is 0 Å². The van der Waals surface area contributed by atoms with Gasteiger partial charge in [-0.25, -0.2) is 9.18 Å². The van der Waals surface area contributed by atoms with Gasteiger partial charge < -0.3 is 30.2 Å². The van der Waals surface area contributed by atoms with Gasteiger partial charge in [0.1, 0.15) is 23.1 Å². The summed E-state index contributed by atoms with van der Waals surface area (Å²) in [6, 6.07) is 14.7. The van der Waals surface area contributed by atoms with Crippen LogP contribution in [-0.2, 0) is 0 Å². The van der Waals surface area contributed by atoms with Crippen molar-refractivity contribution in [1.29, 1.82) is 0 Å². The number of benzene rings is 3. The van der Waals surface area contributed by atoms with Crippen LogP contribution in [0.2, 0.25) is 0 Å². The van der Waals surface area contributed by atoms with Crippen molar-refractivity contribution in [3.05, 3.63) is 72.0 Å². The van der Waals surface area contributed by atoms with Crippen LogP contribution in [0.25, 0.3) is 0 Å². The topological polar surface area (TPSA) is 97.9 Å². The van der Waals surface area contributed by atoms with Gasteiger partial charge in [-0.3, -0.25) is 4.79 Å². The molecule has 0 aliphatic heterocycles. The fourth-order valence-corrected chi connectivity index (χ4v) is 3.08. The smallest absolute Gasteiger partial charge is 0.323 e. The maximum atomic E-state index is 13.1. The van der Waals surface area contributed by atoms with Crippen LogP contribution >= 0.6 is 0 Å². The molecule has 8 nitrogen and oxygen atoms in total. The predicted molar refractivity (Wildman–Crippen MR) is 129 cm³/mol. The van der Waals surface area contributed by atoms with Gasteiger partial charge >= 0.3 is 6.03 Å². The number of carbonyl (C=O) groups excluding carboxylic acids is 2. The molecule has 178 valence electrons. The third kappa shape index (κ3) is 6.38. The number of urea groups is 1. The molecule has 0 aliphatic rings. The van der Waals surface area contributed by atoms with Crippen molar-refractivity contribution in [3.63, 3.8) is 0 Å². The van der Waals surface area contributed by atoms with Crippen molar-refractivity contribution in [1.82, 2.24) is 0 Å². The van der Waals surface area contributed by atoms with Crippen molar-refractivity contribution < 1.29 is 28.2 Å². The van der Waals surface area contributed by atoms with Gasteiger partial charge in [-0.05, 0) is 56.3 Å². The maximum absolute atomic E-state index is 13.1. The molecule has 0 saturated carbocycles. The van der Waals surface area contributed by atoms with Crippen LogP contribution in [0.1, 0.15) is 24.2 Å². The molecule has 34 heavy (non-hydrogen) atoms. The molecule has 3 aromatic carbocycles. The Balaban J connectivity index is 1.86. The maximum Gasteiger partial charge on any atom is 0.323 e. The second kappa shape index (κ2) is 11.6. The molecule has 0 aromatic heterocycles. The van der Waals surface area contributed by atoms with E-state index < -0.39 is 11.8 Å². The summed E-state index contributed by atoms with van der Waals surface area (Å²) in [5.41, 5.74) is 1.54. The highest BCUT2D eigenvalue weighted by molar-refractivity contribution is 6.06. The fraction of sp³-hybridized carbons (Fsp3) is 0.200. The third-order valence-electron chi connectivity index (χ3n) is 4.61. The molecule has 3 aromatic rings. The van der Waals surface area contributed by atoms with E-state index in [4.69, 9.17) is 14.2 Å². The quantitative estimate of drug-likeness (QED) is 0.385. The fourth-order valence-electron chi connectivity index (χ4n) is 3.08. The molecule has 3 amide bonds. The Hall–Kier alpha value is -4.27. The van der Waals surface area contributed by atoms with Gasteiger partial charge in [0.15, 0.2) is 0 Å². The van der Waals surface area contributed by atoms with Crippen molar-refractivity contribution in [2.24, 2.45) is 0 Å². The second-order valence-corrected chi connectivity index (χ2v) is 6.98. The van der Waals surface area contributed by atoms with E-state index in [0.29, 0.717) is 53.1 Å². The lowest BCUT2D eigenvalue weighted by molar-refractivity contribution is 0.102. The molecular formula is C25H26FN3O5. The molecule has 3 rings (SSSR count). The van der Waals surface area contributed by atoms with E-state index in [-0.39, 0.29) is 5.91 Å². The van der Waals surface area contributed by atoms with E-state index in [2.05, 4.69) is 16.0 Å². The first-order valence-electron chi connectivity index (χ1n) is 10.7. The first-order chi connectivity index (χ1) is 16.4. The van der Waals surface area contributed by atoms with Crippen molar-refractivity contribution in [2.45, 2.75) is 13.8 Å². The molecule has 0 aliphatic carbocycles. The van der Waals surface area contributed by atoms with E-state index in [1.165, 1.54) is 31.4 Å². The highest BCUT2D eigenvalue weighted by atomic mass is 19.1. The predicted octanol–water partition coefficient (Wildman–Crippen LogP) is 5.53. The summed E-state index contributed by atoms with van der Waals surface area (Å²) in [6.07, 6.45) is 0. The third-order valence-corrected chi connectivity index (χ3v) is 4.61. The zero-order chi connectivity index (χ0) is 24.5. The Kier molecular flexibility index (Phi) is 8.28. The summed E-state index contributed by atoms with van der Waals surface area (Å²) in [5.74, 6) is 0.467. The van der Waals surface area contributed by atoms with E-state index in [1.54, 1.807) is 50.2 Å². The number of hydrogen-bond acceptors (Lipinski definition) is 5. The molecule has 0 radical (unpaired) electrons. The Morgan fingerprint density at radius 1 is 0.824 bits per heavy atom. The number of halogens is 1. The minimum atomic E-state index is -0.553. The lowest BCUT2D eigenvalue weighted by Gasteiger charge is -2.18. The standard InChI is InChI=1S/C25H26FN3O5/c1-4-33-22-15-21(29-25(31)27-18-11-9-17(26)10-12-18)23(34-5-2)14-20(22)28-24(30)16-7-6-8-19(13-16)32-3/h6-15H,4-5H2,1-3H3,(H,28,30)(H2,27,29,31). The summed E-state index contributed by atoms with van der Waals surface area (Å²) < 4.78 is 29.7. The van der Waals surface area contributed by atoms with Gasteiger partial charge in [0.25, 0.3) is 5.91 Å². The molecule has 3 N–H and O–H groups in total. The first kappa shape index (κ1) is 24.4. The van der Waals surface area contributed by atoms with Crippen LogP contribution in [0.5, 0.6) is 17.2 Å². The number of anilines is 3. The van der Waals surface area contributed by atoms with E-state index in [1.807, 2.05) is 0 Å². The van der Waals surface area contributed by atoms with Crippen LogP contribution in [0.4, 0.5) is 26.2 Å². The molecular weight excluding hydrogens is 441 g/mol. The summed E-state index contributed by atoms with van der Waals surface area (Å²) >= 11 is 0. The zero-order valence-corrected chi connectivity index (χ0v) is 19.1. The summed E-state index contributed by atoms with van der Waals surface area (Å²) in [5, 5.41) is 8.15. The van der Waals surface area contributed by atoms with Crippen LogP contribution in [-0.4, -0.2) is 32.3 Å². The molecule has 0 bridgehead atoms. The average molecular weight is 467 g/mol. The van der Waals surface area contributed by atoms with Crippen LogP contribution < -0.4 is 30.2 Å². The summed E-state index contributed by atoms with van der Waals surface area (Å²) in [6.45, 7) is 4.26. The van der Waals surface area contributed by atoms with Gasteiger partial charge in [0, 0.05) is 23.4 Å². The molecule has 0 atom stereocenters. The molecule has 0 unspecified atom stereocenters. The van der Waals surface area contributed by atoms with Crippen molar-refractivity contribution >= 4 is 29.0 Å². The van der Waals surface area contributed by atoms with Crippen LogP contribution in [0.3, 0.4) is 0 Å². The SMILES string of the molecule is CCOc1cc(NC(=O)c2cccc(OC)c2)c(OCC)cc1NC(=O)Nc1ccc(F)cc1. The van der Waals surface area contributed by atoms with E-state index in [9.17, 15) is 14.0 Å². The molecule has 0 fully saturated rings. The molecule has 0 spiro atoms. The van der Waals surface area contributed by atoms with Gasteiger partial charge in [0.2, 0.25) is 0 Å². The number of ether oxygens (including phenoxy) is 3. The van der Waals surface area contributed by atoms with Crippen LogP contribution in [0, 0.1) is 5.82 Å². The number of amides is 3. The second-order valence-electron chi connectivity index (χ2n) is 6.98. The minimum Gasteiger partial charge on any atom is -0.497 e. The number of nitrogens with one attached hydrogen (secondary N) is 3. The lowest BCUT2D eigenvalue weighted by atomic mass is 10.1. The number of rotatable bonds is 9. The Bertz CT molecular complexity index is 1150. The molecule has 9 heteroatoms. The largest absolute Gasteiger partial charge is 0.497 e. The van der Waals surface area contributed by atoms with E-state index in [0.717, 1.165) is 0 Å². The Morgan fingerprint density at radius 2 is 1.44 bits per heavy atom. The number of hydrogen-bond donors (Lipinski definition) is 3. The Labute approximate surface area is 197 Å². The average Bonchev–Trinajstić information content (AvgIpc) is 2.83. The lowest BCUT2D eigenvalue weighted by Crippen LogP contribution is -2.20. The van der Waals surface area contributed by atoms with E-state index >= 15 is 0 Å². The number of methoxy groups -OCH3 is 1. The summed E-state index contributed by atoms with van der Waals surface area (Å²) in [4.78, 5) is 25.3. The molecule has 0 saturated heterocycles. The normalized spacial score (nSPS) is 10.2. The van der Waals surface area contributed by atoms with Crippen molar-refractivity contribution in [3.8, 4) is 17.2 Å². The minimum absolute atomic E-state index is 0.325. The Morgan fingerprint density at radius 3 is 2.03 bits per heavy atom. The van der Waals surface area contributed by atoms with Crippen LogP contribution in [0.15, 0.2) is 60.7 Å². The van der Waals surface area contributed by atoms with Gasteiger partial charge in [-0.1, -0.05) is 6.07 Å². The number of carbonyl (C=O) groups is 2. The zero-order valence-electron chi connectivity index (χ0n) is 19.1. The van der Waals surface area contributed by atoms with Crippen molar-refractivity contribution in [2.75, 3.05) is 36.3 Å². The highest BCUT2D eigenvalue weighted by Gasteiger charge is 2.17. The summed E-state index contributed by atoms with van der Waals surface area (Å²) in [7, 11) is 1.52. The van der Waals surface area contributed by atoms with Gasteiger partial charge in [-0.15, -0.1) is 0 Å². The molecule has 0 heterocycles. The van der Waals surface area contributed by atoms with Gasteiger partial charge in [0.05, 0.1) is 31.7 Å². The monoisotopic (exact) mass is 467 g/mol. The first-order valence-corrected chi connectivity index (χ1v) is 10.7. The highest BCUT2D eigenvalue weighted by Crippen LogP contribution is 2.37.